The van der Waals surface area contributed by atoms with E-state index in [1.165, 1.54) is 19.2 Å². The van der Waals surface area contributed by atoms with Crippen LogP contribution in [0.3, 0.4) is 0 Å². The molecule has 0 aliphatic heterocycles. The molecule has 0 aliphatic rings. The number of benzene rings is 2. The number of methoxy groups -OCH3 is 1. The molecule has 0 bridgehead atoms. The van der Waals surface area contributed by atoms with Crippen LogP contribution in [0.2, 0.25) is 0 Å². The van der Waals surface area contributed by atoms with Gasteiger partial charge in [0.15, 0.2) is 0 Å². The third-order valence-electron chi connectivity index (χ3n) is 4.86. The van der Waals surface area contributed by atoms with E-state index in [0.717, 1.165) is 11.1 Å². The van der Waals surface area contributed by atoms with Crippen molar-refractivity contribution < 1.29 is 26.3 Å². The topological polar surface area (TPSA) is 125 Å². The normalized spacial score (nSPS) is 14.5. The van der Waals surface area contributed by atoms with Crippen LogP contribution in [0.4, 0.5) is 0 Å². The van der Waals surface area contributed by atoms with Gasteiger partial charge in [0.25, 0.3) is 10.1 Å². The molecule has 0 amide bonds. The molecule has 0 heterocycles. The summed E-state index contributed by atoms with van der Waals surface area (Å²) in [7, 11) is -4.17. The zero-order valence-corrected chi connectivity index (χ0v) is 20.1. The fourth-order valence-corrected chi connectivity index (χ4v) is 4.89. The van der Waals surface area contributed by atoms with E-state index in [4.69, 9.17) is 14.7 Å². The Labute approximate surface area is 192 Å². The number of aryl methyl sites for hydroxylation is 2. The van der Waals surface area contributed by atoms with Crippen molar-refractivity contribution in [2.24, 2.45) is 5.73 Å². The van der Waals surface area contributed by atoms with Crippen LogP contribution in [0.25, 0.3) is 0 Å². The molecule has 3 atom stereocenters. The molecule has 176 valence electrons. The number of carbonyl (C=O) groups excluding carboxylic acids is 1. The van der Waals surface area contributed by atoms with Gasteiger partial charge in [0.2, 0.25) is 0 Å². The van der Waals surface area contributed by atoms with E-state index in [9.17, 15) is 17.4 Å². The lowest BCUT2D eigenvalue weighted by molar-refractivity contribution is -0.142. The number of nitrogens with one attached hydrogen (secondary N) is 1. The van der Waals surface area contributed by atoms with Gasteiger partial charge in [0.05, 0.1) is 23.5 Å². The molecule has 32 heavy (non-hydrogen) atoms. The molecule has 8 nitrogen and oxygen atoms in total. The summed E-state index contributed by atoms with van der Waals surface area (Å²) in [6.07, 6.45) is 1.28. The van der Waals surface area contributed by atoms with Gasteiger partial charge in [0, 0.05) is 6.04 Å². The van der Waals surface area contributed by atoms with Crippen molar-refractivity contribution in [1.82, 2.24) is 4.72 Å². The summed E-state index contributed by atoms with van der Waals surface area (Å²) in [5.74, 6) is -0.624. The maximum Gasteiger partial charge on any atom is 0.324 e. The first kappa shape index (κ1) is 26.1. The van der Waals surface area contributed by atoms with Crippen molar-refractivity contribution in [3.8, 4) is 0 Å². The van der Waals surface area contributed by atoms with Gasteiger partial charge in [-0.15, -0.1) is 0 Å². The third-order valence-corrected chi connectivity index (χ3v) is 7.40. The maximum atomic E-state index is 12.7. The smallest absolute Gasteiger partial charge is 0.324 e. The van der Waals surface area contributed by atoms with Crippen LogP contribution in [-0.4, -0.2) is 44.4 Å². The Morgan fingerprint density at radius 1 is 1.03 bits per heavy atom. The van der Waals surface area contributed by atoms with E-state index in [2.05, 4.69) is 4.72 Å². The maximum absolute atomic E-state index is 12.7. The number of esters is 1. The predicted molar refractivity (Wildman–Crippen MR) is 123 cm³/mol. The summed E-state index contributed by atoms with van der Waals surface area (Å²) in [4.78, 5) is 12.6. The van der Waals surface area contributed by atoms with Gasteiger partial charge in [-0.05, 0) is 57.4 Å². The van der Waals surface area contributed by atoms with Gasteiger partial charge >= 0.3 is 5.97 Å². The number of ether oxygens (including phenoxy) is 1. The Balaban J connectivity index is 1.92. The summed E-state index contributed by atoms with van der Waals surface area (Å²) in [5.41, 5.74) is 7.98. The SMILES string of the molecule is COC(=O)[C@@H](N)[C@@H](CCCCOS(=O)(=O)c1ccc(C)cc1)N[S@@](=O)c1ccc(C)cc1. The van der Waals surface area contributed by atoms with Crippen molar-refractivity contribution in [2.75, 3.05) is 13.7 Å². The number of carbonyl (C=O) groups is 1. The minimum atomic E-state index is -3.83. The lowest BCUT2D eigenvalue weighted by Crippen LogP contribution is -2.50. The van der Waals surface area contributed by atoms with Gasteiger partial charge in [-0.3, -0.25) is 8.98 Å². The van der Waals surface area contributed by atoms with E-state index < -0.39 is 39.2 Å². The first-order valence-corrected chi connectivity index (χ1v) is 12.7. The standard InChI is InChI=1S/C22H30N2O6S2/c1-16-7-11-18(12-8-16)31(26)24-20(21(23)22(25)29-3)6-4-5-15-30-32(27,28)19-13-9-17(2)10-14-19/h7-14,20-21,24H,4-6,15,23H2,1-3H3/t20-,21+,31+/m1/s1. The molecule has 0 unspecified atom stereocenters. The number of hydrogen-bond acceptors (Lipinski definition) is 7. The zero-order valence-electron chi connectivity index (χ0n) is 18.4. The van der Waals surface area contributed by atoms with Crippen LogP contribution in [0.1, 0.15) is 30.4 Å². The Morgan fingerprint density at radius 2 is 1.59 bits per heavy atom. The van der Waals surface area contributed by atoms with E-state index >= 15 is 0 Å². The lowest BCUT2D eigenvalue weighted by Gasteiger charge is -2.23. The largest absolute Gasteiger partial charge is 0.468 e. The van der Waals surface area contributed by atoms with Crippen molar-refractivity contribution in [2.45, 2.75) is 55.0 Å². The molecule has 0 aromatic heterocycles. The Morgan fingerprint density at radius 3 is 2.16 bits per heavy atom. The molecule has 0 radical (unpaired) electrons. The van der Waals surface area contributed by atoms with Crippen LogP contribution in [0.5, 0.6) is 0 Å². The Bertz CT molecular complexity index is 1010. The van der Waals surface area contributed by atoms with E-state index in [-0.39, 0.29) is 11.5 Å². The van der Waals surface area contributed by atoms with Crippen molar-refractivity contribution >= 4 is 27.1 Å². The molecule has 0 saturated heterocycles. The second-order valence-corrected chi connectivity index (χ2v) is 10.3. The lowest BCUT2D eigenvalue weighted by atomic mass is 10.0. The fourth-order valence-electron chi connectivity index (χ4n) is 2.89. The minimum Gasteiger partial charge on any atom is -0.468 e. The molecule has 2 rings (SSSR count). The van der Waals surface area contributed by atoms with Gasteiger partial charge in [-0.2, -0.15) is 8.42 Å². The highest BCUT2D eigenvalue weighted by atomic mass is 32.2. The number of hydrogen-bond donors (Lipinski definition) is 2. The second kappa shape index (κ2) is 12.2. The highest BCUT2D eigenvalue weighted by molar-refractivity contribution is 7.86. The highest BCUT2D eigenvalue weighted by Crippen LogP contribution is 2.15. The average Bonchev–Trinajstić information content (AvgIpc) is 2.77. The monoisotopic (exact) mass is 482 g/mol. The zero-order chi connectivity index (χ0) is 23.7. The molecule has 2 aromatic rings. The van der Waals surface area contributed by atoms with Crippen molar-refractivity contribution in [1.29, 1.82) is 0 Å². The van der Waals surface area contributed by atoms with Gasteiger partial charge < -0.3 is 10.5 Å². The summed E-state index contributed by atoms with van der Waals surface area (Å²) in [6.45, 7) is 3.78. The molecule has 2 aromatic carbocycles. The summed E-state index contributed by atoms with van der Waals surface area (Å²) >= 11 is 0. The van der Waals surface area contributed by atoms with Crippen LogP contribution in [0, 0.1) is 13.8 Å². The predicted octanol–water partition coefficient (Wildman–Crippen LogP) is 2.36. The van der Waals surface area contributed by atoms with E-state index in [1.54, 1.807) is 24.3 Å². The quantitative estimate of drug-likeness (QED) is 0.270. The summed E-state index contributed by atoms with van der Waals surface area (Å²) < 4.78 is 49.9. The van der Waals surface area contributed by atoms with Crippen LogP contribution >= 0.6 is 0 Å². The van der Waals surface area contributed by atoms with Gasteiger partial charge in [-0.1, -0.05) is 35.4 Å². The molecule has 0 aliphatic carbocycles. The van der Waals surface area contributed by atoms with Crippen molar-refractivity contribution in [3.05, 3.63) is 59.7 Å². The van der Waals surface area contributed by atoms with Crippen molar-refractivity contribution in [3.63, 3.8) is 0 Å². The summed E-state index contributed by atoms with van der Waals surface area (Å²) in [6, 6.07) is 11.9. The van der Waals surface area contributed by atoms with E-state index in [0.29, 0.717) is 24.2 Å². The van der Waals surface area contributed by atoms with Crippen LogP contribution in [-0.2, 0) is 34.8 Å². The highest BCUT2D eigenvalue weighted by Gasteiger charge is 2.27. The molecule has 0 saturated carbocycles. The first-order valence-electron chi connectivity index (χ1n) is 10.2. The molecule has 0 fully saturated rings. The molecule has 0 spiro atoms. The minimum absolute atomic E-state index is 0.0164. The van der Waals surface area contributed by atoms with Gasteiger partial charge in [-0.25, -0.2) is 8.93 Å². The van der Waals surface area contributed by atoms with Crippen LogP contribution < -0.4 is 10.5 Å². The Kier molecular flexibility index (Phi) is 9.98. The average molecular weight is 483 g/mol. The molecular weight excluding hydrogens is 452 g/mol. The second-order valence-electron chi connectivity index (χ2n) is 7.44. The van der Waals surface area contributed by atoms with Gasteiger partial charge in [0.1, 0.15) is 17.0 Å². The summed E-state index contributed by atoms with van der Waals surface area (Å²) in [5, 5.41) is 0. The number of rotatable bonds is 12. The van der Waals surface area contributed by atoms with E-state index in [1.807, 2.05) is 26.0 Å². The number of unbranched alkanes of at least 4 members (excludes halogenated alkanes) is 1. The first-order chi connectivity index (χ1) is 15.1. The van der Waals surface area contributed by atoms with Crippen LogP contribution in [0.15, 0.2) is 58.3 Å². The fraction of sp³-hybridized carbons (Fsp3) is 0.409. The molecule has 10 heteroatoms. The third kappa shape index (κ3) is 7.79. The Hall–Kier alpha value is -2.11. The molecule has 3 N–H and O–H groups in total. The number of nitrogens with two attached hydrogens (primary N) is 1. The molecular formula is C22H30N2O6S2.